The van der Waals surface area contributed by atoms with E-state index in [-0.39, 0.29) is 53.2 Å². The lowest BCUT2D eigenvalue weighted by Gasteiger charge is -2.28. The first-order valence-corrected chi connectivity index (χ1v) is 10.7. The van der Waals surface area contributed by atoms with Crippen LogP contribution in [0, 0.1) is 0 Å². The van der Waals surface area contributed by atoms with Crippen molar-refractivity contribution in [3.8, 4) is 0 Å². The number of carbonyl (C=O) groups is 2. The van der Waals surface area contributed by atoms with Gasteiger partial charge in [0, 0.05) is 13.1 Å². The minimum atomic E-state index is -3.94. The highest BCUT2D eigenvalue weighted by molar-refractivity contribution is 7.89. The molecular formula is C17H22Cl2N2O6S. The van der Waals surface area contributed by atoms with Gasteiger partial charge in [-0.15, -0.1) is 0 Å². The molecule has 1 aromatic rings. The molecule has 2 rings (SSSR count). The largest absolute Gasteiger partial charge is 0.467 e. The number of rotatable bonds is 6. The normalized spacial score (nSPS) is 17.6. The van der Waals surface area contributed by atoms with Crippen LogP contribution in [-0.2, 0) is 24.3 Å². The maximum absolute atomic E-state index is 12.9. The smallest absolute Gasteiger partial charge is 0.331 e. The molecule has 1 amide bonds. The molecule has 1 atom stereocenters. The minimum absolute atomic E-state index is 0.0354. The first-order chi connectivity index (χ1) is 13.1. The van der Waals surface area contributed by atoms with E-state index in [4.69, 9.17) is 32.7 Å². The summed E-state index contributed by atoms with van der Waals surface area (Å²) in [7, 11) is -2.73. The van der Waals surface area contributed by atoms with Crippen molar-refractivity contribution in [2.24, 2.45) is 0 Å². The Hall–Kier alpha value is -1.39. The van der Waals surface area contributed by atoms with Gasteiger partial charge in [-0.2, -0.15) is 4.31 Å². The average molecular weight is 453 g/mol. The number of sulfonamides is 1. The lowest BCUT2D eigenvalue weighted by atomic mass is 9.98. The molecule has 1 fully saturated rings. The van der Waals surface area contributed by atoms with Crippen molar-refractivity contribution >= 4 is 45.1 Å². The van der Waals surface area contributed by atoms with Crippen LogP contribution in [-0.4, -0.2) is 63.6 Å². The summed E-state index contributed by atoms with van der Waals surface area (Å²) >= 11 is 12.2. The van der Waals surface area contributed by atoms with E-state index < -0.39 is 27.4 Å². The number of amides is 1. The molecule has 1 aliphatic rings. The summed E-state index contributed by atoms with van der Waals surface area (Å²) in [6.45, 7) is 4.11. The Bertz CT molecular complexity index is 871. The number of morpholine rings is 1. The van der Waals surface area contributed by atoms with E-state index in [9.17, 15) is 18.0 Å². The molecule has 1 aromatic carbocycles. The fourth-order valence-corrected chi connectivity index (χ4v) is 4.90. The van der Waals surface area contributed by atoms with Gasteiger partial charge in [-0.05, 0) is 25.5 Å². The fraction of sp³-hybridized carbons (Fsp3) is 0.529. The summed E-state index contributed by atoms with van der Waals surface area (Å²) in [4.78, 5) is 24.5. The molecule has 0 aromatic heterocycles. The maximum atomic E-state index is 12.9. The molecule has 1 unspecified atom stereocenters. The SMILES string of the molecule is CCC(C)(NC(=O)c1cc(S(=O)(=O)N2CCOCC2)c(Cl)cc1Cl)C(=O)OC. The predicted octanol–water partition coefficient (Wildman–Crippen LogP) is 2.09. The van der Waals surface area contributed by atoms with Gasteiger partial charge < -0.3 is 14.8 Å². The van der Waals surface area contributed by atoms with Gasteiger partial charge in [0.05, 0.1) is 35.9 Å². The van der Waals surface area contributed by atoms with Gasteiger partial charge >= 0.3 is 5.97 Å². The lowest BCUT2D eigenvalue weighted by Crippen LogP contribution is -2.52. The highest BCUT2D eigenvalue weighted by Gasteiger charge is 2.36. The van der Waals surface area contributed by atoms with Crippen LogP contribution >= 0.6 is 23.2 Å². The van der Waals surface area contributed by atoms with Crippen LogP contribution in [0.5, 0.6) is 0 Å². The Labute approximate surface area is 174 Å². The number of hydrogen-bond donors (Lipinski definition) is 1. The second kappa shape index (κ2) is 8.96. The Balaban J connectivity index is 2.42. The zero-order chi connectivity index (χ0) is 21.1. The number of ether oxygens (including phenoxy) is 2. The summed E-state index contributed by atoms with van der Waals surface area (Å²) in [5.74, 6) is -1.34. The second-order valence-corrected chi connectivity index (χ2v) is 9.13. The van der Waals surface area contributed by atoms with Crippen LogP contribution < -0.4 is 5.32 Å². The summed E-state index contributed by atoms with van der Waals surface area (Å²) in [6.07, 6.45) is 0.259. The molecule has 0 radical (unpaired) electrons. The van der Waals surface area contributed by atoms with E-state index in [0.29, 0.717) is 0 Å². The number of nitrogens with zero attached hydrogens (tertiary/aromatic N) is 1. The summed E-state index contributed by atoms with van der Waals surface area (Å²) in [5.41, 5.74) is -1.40. The lowest BCUT2D eigenvalue weighted by molar-refractivity contribution is -0.147. The Morgan fingerprint density at radius 2 is 1.86 bits per heavy atom. The third kappa shape index (κ3) is 4.60. The highest BCUT2D eigenvalue weighted by Crippen LogP contribution is 2.31. The number of carbonyl (C=O) groups excluding carboxylic acids is 2. The summed E-state index contributed by atoms with van der Waals surface area (Å²) in [6, 6.07) is 2.32. The van der Waals surface area contributed by atoms with Crippen molar-refractivity contribution in [2.75, 3.05) is 33.4 Å². The van der Waals surface area contributed by atoms with Crippen LogP contribution in [0.4, 0.5) is 0 Å². The maximum Gasteiger partial charge on any atom is 0.331 e. The zero-order valence-electron chi connectivity index (χ0n) is 15.8. The quantitative estimate of drug-likeness (QED) is 0.662. The Morgan fingerprint density at radius 3 is 2.39 bits per heavy atom. The summed E-state index contributed by atoms with van der Waals surface area (Å²) < 4.78 is 37.0. The van der Waals surface area contributed by atoms with Gasteiger partial charge in [0.1, 0.15) is 10.4 Å². The van der Waals surface area contributed by atoms with Gasteiger partial charge in [-0.3, -0.25) is 4.79 Å². The van der Waals surface area contributed by atoms with Gasteiger partial charge in [0.15, 0.2) is 0 Å². The standard InChI is InChI=1S/C17H22Cl2N2O6S/c1-4-17(2,16(23)26-3)20-15(22)11-9-14(13(19)10-12(11)18)28(24,25)21-5-7-27-8-6-21/h9-10H,4-8H2,1-3H3,(H,20,22). The van der Waals surface area contributed by atoms with Gasteiger partial charge in [0.2, 0.25) is 10.0 Å². The second-order valence-electron chi connectivity index (χ2n) is 6.41. The number of esters is 1. The number of methoxy groups -OCH3 is 1. The van der Waals surface area contributed by atoms with E-state index in [1.807, 2.05) is 0 Å². The Kier molecular flexibility index (Phi) is 7.33. The topological polar surface area (TPSA) is 102 Å². The average Bonchev–Trinajstić information content (AvgIpc) is 2.67. The highest BCUT2D eigenvalue weighted by atomic mass is 35.5. The molecule has 1 aliphatic heterocycles. The van der Waals surface area contributed by atoms with Crippen LogP contribution in [0.3, 0.4) is 0 Å². The van der Waals surface area contributed by atoms with Gasteiger partial charge in [-0.25, -0.2) is 13.2 Å². The molecule has 156 valence electrons. The van der Waals surface area contributed by atoms with Gasteiger partial charge in [-0.1, -0.05) is 30.1 Å². The van der Waals surface area contributed by atoms with Crippen molar-refractivity contribution < 1.29 is 27.5 Å². The predicted molar refractivity (Wildman–Crippen MR) is 104 cm³/mol. The van der Waals surface area contributed by atoms with Crippen LogP contribution in [0.1, 0.15) is 30.6 Å². The third-order valence-corrected chi connectivity index (χ3v) is 7.26. The van der Waals surface area contributed by atoms with Gasteiger partial charge in [0.25, 0.3) is 5.91 Å². The molecule has 1 saturated heterocycles. The molecule has 8 nitrogen and oxygen atoms in total. The molecule has 0 spiro atoms. The van der Waals surface area contributed by atoms with Crippen LogP contribution in [0.25, 0.3) is 0 Å². The molecule has 0 aliphatic carbocycles. The van der Waals surface area contributed by atoms with E-state index in [0.717, 1.165) is 6.07 Å². The van der Waals surface area contributed by atoms with Crippen molar-refractivity contribution in [2.45, 2.75) is 30.7 Å². The molecule has 28 heavy (non-hydrogen) atoms. The van der Waals surface area contributed by atoms with E-state index in [1.54, 1.807) is 6.92 Å². The van der Waals surface area contributed by atoms with Crippen molar-refractivity contribution in [3.05, 3.63) is 27.7 Å². The zero-order valence-corrected chi connectivity index (χ0v) is 18.1. The minimum Gasteiger partial charge on any atom is -0.467 e. The molecule has 0 saturated carbocycles. The first kappa shape index (κ1) is 22.9. The Morgan fingerprint density at radius 1 is 1.25 bits per heavy atom. The monoisotopic (exact) mass is 452 g/mol. The number of hydrogen-bond acceptors (Lipinski definition) is 6. The van der Waals surface area contributed by atoms with E-state index >= 15 is 0 Å². The molecule has 1 heterocycles. The fourth-order valence-electron chi connectivity index (χ4n) is 2.65. The van der Waals surface area contributed by atoms with E-state index in [1.165, 1.54) is 24.4 Å². The molecular weight excluding hydrogens is 431 g/mol. The summed E-state index contributed by atoms with van der Waals surface area (Å²) in [5, 5.41) is 2.43. The van der Waals surface area contributed by atoms with E-state index in [2.05, 4.69) is 5.32 Å². The molecule has 1 N–H and O–H groups in total. The van der Waals surface area contributed by atoms with Crippen LogP contribution in [0.2, 0.25) is 10.0 Å². The molecule has 11 heteroatoms. The van der Waals surface area contributed by atoms with Crippen molar-refractivity contribution in [1.82, 2.24) is 9.62 Å². The number of benzene rings is 1. The molecule has 0 bridgehead atoms. The third-order valence-electron chi connectivity index (χ3n) is 4.59. The number of nitrogens with one attached hydrogen (secondary N) is 1. The van der Waals surface area contributed by atoms with Crippen molar-refractivity contribution in [3.63, 3.8) is 0 Å². The van der Waals surface area contributed by atoms with Crippen LogP contribution in [0.15, 0.2) is 17.0 Å². The first-order valence-electron chi connectivity index (χ1n) is 8.54. The number of halogens is 2. The van der Waals surface area contributed by atoms with Crippen molar-refractivity contribution in [1.29, 1.82) is 0 Å².